The van der Waals surface area contributed by atoms with Crippen molar-refractivity contribution in [2.75, 3.05) is 13.2 Å². The third kappa shape index (κ3) is 8.03. The second-order valence-corrected chi connectivity index (χ2v) is 18.6. The molecule has 2 aliphatic heterocycles. The first kappa shape index (κ1) is 42.9. The number of pyridine rings is 1. The number of fused-ring (bicyclic) bond motifs is 3. The summed E-state index contributed by atoms with van der Waals surface area (Å²) < 4.78 is 89.5. The molecule has 1 aromatic heterocycles. The molecule has 4 aliphatic rings. The van der Waals surface area contributed by atoms with E-state index in [1.54, 1.807) is 43.3 Å². The Bertz CT molecular complexity index is 2090. The lowest BCUT2D eigenvalue weighted by molar-refractivity contribution is -0.225. The molecule has 19 heteroatoms. The summed E-state index contributed by atoms with van der Waals surface area (Å²) in [6.07, 6.45) is -4.42. The Labute approximate surface area is 334 Å². The van der Waals surface area contributed by atoms with Crippen LogP contribution in [0.15, 0.2) is 42.6 Å². The number of nitrogens with zero attached hydrogens (tertiary/aromatic N) is 3. The number of carbonyl (C=O) groups is 4. The number of aromatic nitrogens is 1. The van der Waals surface area contributed by atoms with E-state index in [0.29, 0.717) is 56.2 Å². The van der Waals surface area contributed by atoms with Crippen molar-refractivity contribution in [1.82, 2.24) is 24.8 Å². The van der Waals surface area contributed by atoms with Gasteiger partial charge in [-0.2, -0.15) is 13.2 Å². The van der Waals surface area contributed by atoms with Crippen molar-refractivity contribution in [3.05, 3.63) is 42.6 Å². The van der Waals surface area contributed by atoms with E-state index in [-0.39, 0.29) is 30.0 Å². The number of halogens is 3. The Morgan fingerprint density at radius 3 is 2.45 bits per heavy atom. The fourth-order valence-corrected chi connectivity index (χ4v) is 9.05. The van der Waals surface area contributed by atoms with Crippen LogP contribution in [0.25, 0.3) is 10.8 Å². The molecule has 3 fully saturated rings. The zero-order chi connectivity index (χ0) is 42.6. The highest BCUT2D eigenvalue weighted by molar-refractivity contribution is 7.91. The smallest absolute Gasteiger partial charge is 0.411 e. The summed E-state index contributed by atoms with van der Waals surface area (Å²) in [5.41, 5.74) is -4.86. The first-order valence-corrected chi connectivity index (χ1v) is 20.8. The van der Waals surface area contributed by atoms with E-state index in [1.807, 2.05) is 6.92 Å². The molecule has 1 aromatic carbocycles. The number of hydrogen-bond donors (Lipinski definition) is 3. The molecule has 15 nitrogen and oxygen atoms in total. The van der Waals surface area contributed by atoms with E-state index in [1.165, 1.54) is 20.0 Å². The van der Waals surface area contributed by atoms with Gasteiger partial charge in [-0.25, -0.2) is 18.2 Å². The molecular formula is C39H50F3N5O10S. The lowest BCUT2D eigenvalue weighted by Gasteiger charge is -2.45. The molecule has 2 saturated carbocycles. The molecule has 0 unspecified atom stereocenters. The summed E-state index contributed by atoms with van der Waals surface area (Å²) >= 11 is 0. The monoisotopic (exact) mass is 837 g/mol. The van der Waals surface area contributed by atoms with E-state index < -0.39 is 98.7 Å². The van der Waals surface area contributed by atoms with E-state index in [2.05, 4.69) is 15.0 Å². The fourth-order valence-electron chi connectivity index (χ4n) is 7.74. The Balaban J connectivity index is 1.42. The molecule has 0 radical (unpaired) electrons. The number of nitrogens with one attached hydrogen (secondary N) is 2. The summed E-state index contributed by atoms with van der Waals surface area (Å²) in [6, 6.07) is 3.40. The maximum absolute atomic E-state index is 14.9. The van der Waals surface area contributed by atoms with Gasteiger partial charge in [0.2, 0.25) is 27.7 Å². The van der Waals surface area contributed by atoms with Gasteiger partial charge >= 0.3 is 12.3 Å². The first-order chi connectivity index (χ1) is 27.1. The molecule has 7 atom stereocenters. The second kappa shape index (κ2) is 15.5. The van der Waals surface area contributed by atoms with E-state index in [0.717, 1.165) is 4.90 Å². The molecule has 2 aliphatic carbocycles. The highest BCUT2D eigenvalue weighted by Gasteiger charge is 2.64. The summed E-state index contributed by atoms with van der Waals surface area (Å²) in [5.74, 6) is -3.11. The van der Waals surface area contributed by atoms with Crippen molar-refractivity contribution >= 4 is 44.6 Å². The molecule has 3 N–H and O–H groups in total. The predicted molar refractivity (Wildman–Crippen MR) is 203 cm³/mol. The van der Waals surface area contributed by atoms with Crippen molar-refractivity contribution in [2.24, 2.45) is 5.92 Å². The van der Waals surface area contributed by atoms with Crippen molar-refractivity contribution in [2.45, 2.75) is 132 Å². The Kier molecular flexibility index (Phi) is 11.5. The lowest BCUT2D eigenvalue weighted by Crippen LogP contribution is -2.67. The van der Waals surface area contributed by atoms with Crippen LogP contribution in [-0.2, 0) is 29.1 Å². The van der Waals surface area contributed by atoms with Crippen molar-refractivity contribution in [3.8, 4) is 11.6 Å². The highest BCUT2D eigenvalue weighted by Crippen LogP contribution is 2.48. The Morgan fingerprint density at radius 2 is 1.83 bits per heavy atom. The zero-order valence-electron chi connectivity index (χ0n) is 33.2. The number of carboxylic acid groups (broad SMARTS) is 1. The number of hydrogen-bond acceptors (Lipinski definition) is 10. The molecule has 58 heavy (non-hydrogen) atoms. The van der Waals surface area contributed by atoms with Gasteiger partial charge in [-0.15, -0.1) is 0 Å². The molecule has 318 valence electrons. The number of allylic oxidation sites excluding steroid dienone is 1. The molecule has 0 spiro atoms. The topological polar surface area (TPSA) is 194 Å². The Morgan fingerprint density at radius 1 is 1.16 bits per heavy atom. The average Bonchev–Trinajstić information content (AvgIpc) is 4.02. The van der Waals surface area contributed by atoms with Crippen molar-refractivity contribution in [3.63, 3.8) is 0 Å². The number of sulfonamides is 1. The van der Waals surface area contributed by atoms with E-state index in [9.17, 15) is 45.9 Å². The summed E-state index contributed by atoms with van der Waals surface area (Å²) in [7, 11) is -4.13. The van der Waals surface area contributed by atoms with Gasteiger partial charge in [0.1, 0.15) is 35.0 Å². The molecule has 1 saturated heterocycles. The minimum absolute atomic E-state index is 0.0184. The van der Waals surface area contributed by atoms with Crippen LogP contribution < -0.4 is 19.5 Å². The van der Waals surface area contributed by atoms with Crippen LogP contribution in [0.3, 0.4) is 0 Å². The van der Waals surface area contributed by atoms with Gasteiger partial charge in [0.15, 0.2) is 0 Å². The van der Waals surface area contributed by atoms with Crippen LogP contribution in [-0.4, -0.2) is 118 Å². The van der Waals surface area contributed by atoms with Gasteiger partial charge in [0.25, 0.3) is 5.91 Å². The maximum atomic E-state index is 14.9. The Hall–Kier alpha value is -4.65. The molecule has 3 heterocycles. The number of alkyl halides is 3. The summed E-state index contributed by atoms with van der Waals surface area (Å²) in [4.78, 5) is 61.6. The van der Waals surface area contributed by atoms with Crippen LogP contribution in [0.4, 0.5) is 18.0 Å². The number of amides is 4. The van der Waals surface area contributed by atoms with Gasteiger partial charge in [0, 0.05) is 23.1 Å². The van der Waals surface area contributed by atoms with Crippen molar-refractivity contribution in [1.29, 1.82) is 0 Å². The van der Waals surface area contributed by atoms with Crippen LogP contribution in [0, 0.1) is 5.92 Å². The van der Waals surface area contributed by atoms with Crippen molar-refractivity contribution < 1.29 is 60.1 Å². The highest BCUT2D eigenvalue weighted by atomic mass is 32.2. The van der Waals surface area contributed by atoms with Crippen LogP contribution >= 0.6 is 0 Å². The quantitative estimate of drug-likeness (QED) is 0.297. The molecule has 4 amide bonds. The zero-order valence-corrected chi connectivity index (χ0v) is 34.0. The number of rotatable bonds is 9. The van der Waals surface area contributed by atoms with Gasteiger partial charge in [-0.3, -0.25) is 24.0 Å². The van der Waals surface area contributed by atoms with Gasteiger partial charge < -0.3 is 29.5 Å². The average molecular weight is 838 g/mol. The minimum atomic E-state index is -5.15. The summed E-state index contributed by atoms with van der Waals surface area (Å²) in [5, 5.41) is 14.3. The van der Waals surface area contributed by atoms with Crippen LogP contribution in [0.1, 0.15) is 80.1 Å². The molecule has 2 aromatic rings. The van der Waals surface area contributed by atoms with E-state index in [4.69, 9.17) is 14.2 Å². The summed E-state index contributed by atoms with van der Waals surface area (Å²) in [6.45, 7) is 7.47. The lowest BCUT2D eigenvalue weighted by atomic mass is 9.96. The van der Waals surface area contributed by atoms with Gasteiger partial charge in [-0.1, -0.05) is 30.4 Å². The predicted octanol–water partition coefficient (Wildman–Crippen LogP) is 4.69. The van der Waals surface area contributed by atoms with Gasteiger partial charge in [0.05, 0.1) is 36.3 Å². The normalized spacial score (nSPS) is 29.5. The minimum Gasteiger partial charge on any atom is -0.492 e. The maximum Gasteiger partial charge on any atom is 0.411 e. The number of ether oxygens (including phenoxy) is 3. The molecule has 0 bridgehead atoms. The largest absolute Gasteiger partial charge is 0.492 e. The first-order valence-electron chi connectivity index (χ1n) is 19.3. The standard InChI is InChI=1S/C39H50F3N5O10S/c1-7-55-29-20-43-32(27-15-11-10-14-26(27)29)57-25-18-28-31(48)44-38(34(50)45-58(53,54)37(6)16-17-37)19-24(38)13-9-8-12-22(2)56-23(3)30(33(49)46(28)21-25)47(35(51)52)36(4,5)39(40,41)42/h9-11,13-15,20,22-25,28,30H,7-8,12,16-19,21H2,1-6H3,(H,44,48)(H,45,50)(H,51,52)/b13-9-/t22-,23+,24-,25-,28+,30+,38-/m1/s1. The van der Waals surface area contributed by atoms with Crippen LogP contribution in [0.2, 0.25) is 0 Å². The number of carbonyl (C=O) groups excluding carboxylic acids is 3. The van der Waals surface area contributed by atoms with Gasteiger partial charge in [-0.05, 0) is 79.7 Å². The van der Waals surface area contributed by atoms with E-state index >= 15 is 0 Å². The SMILES string of the molecule is CCOc1cnc(O[C@@H]2C[C@H]3C(=O)N[C@]4(C(=O)NS(=O)(=O)C5(C)CC5)C[C@H]4/C=C\CC[C@@H](C)O[C@@H](C)[C@H](N(C(=O)O)C(C)(C)C(F)(F)F)C(=O)N3C2)c2ccccc12. The third-order valence-corrected chi connectivity index (χ3v) is 13.9. The second-order valence-electron chi connectivity index (χ2n) is 16.4. The fraction of sp³-hybridized carbons (Fsp3) is 0.615. The van der Waals surface area contributed by atoms with Crippen LogP contribution in [0.5, 0.6) is 11.6 Å². The number of benzene rings is 1. The molecular weight excluding hydrogens is 788 g/mol. The third-order valence-electron chi connectivity index (χ3n) is 11.8. The molecule has 6 rings (SSSR count).